The van der Waals surface area contributed by atoms with E-state index in [1.165, 1.54) is 0 Å². The molecule has 0 heterocycles. The number of halogens is 1. The Morgan fingerprint density at radius 3 is 2.72 bits per heavy atom. The zero-order chi connectivity index (χ0) is 13.0. The Labute approximate surface area is 112 Å². The molecule has 0 aliphatic rings. The minimum atomic E-state index is 0.609. The number of anilines is 1. The first-order valence-corrected chi connectivity index (χ1v) is 6.06. The van der Waals surface area contributed by atoms with Gasteiger partial charge in [0.1, 0.15) is 6.07 Å². The van der Waals surface area contributed by atoms with Gasteiger partial charge in [0, 0.05) is 11.6 Å². The average molecular weight is 257 g/mol. The predicted molar refractivity (Wildman–Crippen MR) is 74.7 cm³/mol. The van der Waals surface area contributed by atoms with Crippen molar-refractivity contribution in [2.75, 3.05) is 5.32 Å². The number of aryl methyl sites for hydroxylation is 1. The van der Waals surface area contributed by atoms with Crippen molar-refractivity contribution >= 4 is 17.3 Å². The Bertz CT molecular complexity index is 600. The van der Waals surface area contributed by atoms with Crippen molar-refractivity contribution in [3.8, 4) is 6.07 Å². The molecule has 2 rings (SSSR count). The van der Waals surface area contributed by atoms with Crippen LogP contribution in [0.5, 0.6) is 0 Å². The lowest BCUT2D eigenvalue weighted by Crippen LogP contribution is -2.02. The van der Waals surface area contributed by atoms with Crippen molar-refractivity contribution in [3.05, 3.63) is 64.2 Å². The summed E-state index contributed by atoms with van der Waals surface area (Å²) in [5.74, 6) is 0. The molecule has 0 unspecified atom stereocenters. The number of nitriles is 1. The first-order valence-electron chi connectivity index (χ1n) is 5.69. The molecule has 0 radical (unpaired) electrons. The standard InChI is InChI=1S/C15H13ClN2/c1-11-6-7-12(9-17)15(8-11)18-10-13-4-2-3-5-14(13)16/h2-8,18H,10H2,1H3. The van der Waals surface area contributed by atoms with Crippen LogP contribution in [0.4, 0.5) is 5.69 Å². The second kappa shape index (κ2) is 5.57. The van der Waals surface area contributed by atoms with Crippen LogP contribution in [0.3, 0.4) is 0 Å². The third kappa shape index (κ3) is 2.82. The van der Waals surface area contributed by atoms with E-state index in [4.69, 9.17) is 16.9 Å². The second-order valence-corrected chi connectivity index (χ2v) is 4.51. The third-order valence-corrected chi connectivity index (χ3v) is 3.09. The zero-order valence-electron chi connectivity index (χ0n) is 10.1. The summed E-state index contributed by atoms with van der Waals surface area (Å²) in [4.78, 5) is 0. The Kier molecular flexibility index (Phi) is 3.86. The summed E-state index contributed by atoms with van der Waals surface area (Å²) >= 11 is 6.09. The third-order valence-electron chi connectivity index (χ3n) is 2.72. The molecule has 2 nitrogen and oxygen atoms in total. The molecule has 2 aromatic carbocycles. The summed E-state index contributed by atoms with van der Waals surface area (Å²) < 4.78 is 0. The van der Waals surface area contributed by atoms with E-state index in [2.05, 4.69) is 11.4 Å². The molecular formula is C15H13ClN2. The van der Waals surface area contributed by atoms with E-state index in [1.54, 1.807) is 0 Å². The van der Waals surface area contributed by atoms with Crippen LogP contribution in [0, 0.1) is 18.3 Å². The summed E-state index contributed by atoms with van der Waals surface area (Å²) in [6, 6.07) is 15.6. The molecule has 0 atom stereocenters. The van der Waals surface area contributed by atoms with Gasteiger partial charge in [-0.25, -0.2) is 0 Å². The smallest absolute Gasteiger partial charge is 0.101 e. The fourth-order valence-electron chi connectivity index (χ4n) is 1.73. The van der Waals surface area contributed by atoms with Crippen LogP contribution in [-0.2, 0) is 6.54 Å². The van der Waals surface area contributed by atoms with Gasteiger partial charge in [-0.15, -0.1) is 0 Å². The van der Waals surface area contributed by atoms with Gasteiger partial charge < -0.3 is 5.32 Å². The molecule has 90 valence electrons. The minimum absolute atomic E-state index is 0.609. The molecule has 2 aromatic rings. The number of benzene rings is 2. The molecule has 0 fully saturated rings. The molecule has 3 heteroatoms. The van der Waals surface area contributed by atoms with Crippen LogP contribution in [0.1, 0.15) is 16.7 Å². The lowest BCUT2D eigenvalue weighted by atomic mass is 10.1. The minimum Gasteiger partial charge on any atom is -0.380 e. The summed E-state index contributed by atoms with van der Waals surface area (Å²) in [5, 5.41) is 13.0. The van der Waals surface area contributed by atoms with Crippen molar-refractivity contribution in [1.82, 2.24) is 0 Å². The van der Waals surface area contributed by atoms with Gasteiger partial charge in [-0.05, 0) is 36.2 Å². The molecule has 0 aliphatic heterocycles. The molecule has 18 heavy (non-hydrogen) atoms. The fraction of sp³-hybridized carbons (Fsp3) is 0.133. The number of rotatable bonds is 3. The normalized spacial score (nSPS) is 9.83. The first-order chi connectivity index (χ1) is 8.70. The van der Waals surface area contributed by atoms with E-state index in [9.17, 15) is 0 Å². The van der Waals surface area contributed by atoms with Crippen LogP contribution >= 0.6 is 11.6 Å². The lowest BCUT2D eigenvalue weighted by Gasteiger charge is -2.10. The van der Waals surface area contributed by atoms with Crippen LogP contribution in [0.15, 0.2) is 42.5 Å². The van der Waals surface area contributed by atoms with Crippen molar-refractivity contribution in [2.45, 2.75) is 13.5 Å². The maximum atomic E-state index is 9.05. The quantitative estimate of drug-likeness (QED) is 0.896. The van der Waals surface area contributed by atoms with Gasteiger partial charge in [0.2, 0.25) is 0 Å². The molecule has 0 spiro atoms. The van der Waals surface area contributed by atoms with E-state index in [-0.39, 0.29) is 0 Å². The first kappa shape index (κ1) is 12.5. The highest BCUT2D eigenvalue weighted by Gasteiger charge is 2.03. The summed E-state index contributed by atoms with van der Waals surface area (Å²) in [6.45, 7) is 2.61. The van der Waals surface area contributed by atoms with Crippen LogP contribution in [0.25, 0.3) is 0 Å². The SMILES string of the molecule is Cc1ccc(C#N)c(NCc2ccccc2Cl)c1. The number of nitrogens with zero attached hydrogens (tertiary/aromatic N) is 1. The Morgan fingerprint density at radius 1 is 1.22 bits per heavy atom. The molecule has 0 aromatic heterocycles. The lowest BCUT2D eigenvalue weighted by molar-refractivity contribution is 1.14. The fourth-order valence-corrected chi connectivity index (χ4v) is 1.94. The van der Waals surface area contributed by atoms with Gasteiger partial charge in [0.25, 0.3) is 0 Å². The summed E-state index contributed by atoms with van der Waals surface area (Å²) in [6.07, 6.45) is 0. The van der Waals surface area contributed by atoms with Gasteiger partial charge in [-0.1, -0.05) is 35.9 Å². The Morgan fingerprint density at radius 2 is 2.00 bits per heavy atom. The van der Waals surface area contributed by atoms with E-state index >= 15 is 0 Å². The van der Waals surface area contributed by atoms with E-state index in [0.29, 0.717) is 12.1 Å². The van der Waals surface area contributed by atoms with Gasteiger partial charge in [-0.2, -0.15) is 5.26 Å². The molecule has 0 bridgehead atoms. The average Bonchev–Trinajstić information content (AvgIpc) is 2.38. The van der Waals surface area contributed by atoms with Gasteiger partial charge in [0.15, 0.2) is 0 Å². The maximum Gasteiger partial charge on any atom is 0.101 e. The molecule has 0 amide bonds. The Hall–Kier alpha value is -1.98. The second-order valence-electron chi connectivity index (χ2n) is 4.11. The highest BCUT2D eigenvalue weighted by Crippen LogP contribution is 2.20. The van der Waals surface area contributed by atoms with Crippen LogP contribution in [0.2, 0.25) is 5.02 Å². The molecule has 0 saturated carbocycles. The Balaban J connectivity index is 2.18. The highest BCUT2D eigenvalue weighted by molar-refractivity contribution is 6.31. The monoisotopic (exact) mass is 256 g/mol. The molecule has 1 N–H and O–H groups in total. The molecule has 0 saturated heterocycles. The summed E-state index contributed by atoms with van der Waals surface area (Å²) in [7, 11) is 0. The van der Waals surface area contributed by atoms with Gasteiger partial charge in [0.05, 0.1) is 11.3 Å². The van der Waals surface area contributed by atoms with E-state index < -0.39 is 0 Å². The van der Waals surface area contributed by atoms with Crippen LogP contribution in [-0.4, -0.2) is 0 Å². The molecular weight excluding hydrogens is 244 g/mol. The van der Waals surface area contributed by atoms with Gasteiger partial charge in [-0.3, -0.25) is 0 Å². The van der Waals surface area contributed by atoms with Crippen molar-refractivity contribution < 1.29 is 0 Å². The highest BCUT2D eigenvalue weighted by atomic mass is 35.5. The maximum absolute atomic E-state index is 9.05. The number of hydrogen-bond acceptors (Lipinski definition) is 2. The van der Waals surface area contributed by atoms with Crippen molar-refractivity contribution in [3.63, 3.8) is 0 Å². The van der Waals surface area contributed by atoms with Gasteiger partial charge >= 0.3 is 0 Å². The summed E-state index contributed by atoms with van der Waals surface area (Å²) in [5.41, 5.74) is 3.63. The largest absolute Gasteiger partial charge is 0.380 e. The van der Waals surface area contributed by atoms with Crippen molar-refractivity contribution in [1.29, 1.82) is 5.26 Å². The zero-order valence-corrected chi connectivity index (χ0v) is 10.8. The van der Waals surface area contributed by atoms with Crippen LogP contribution < -0.4 is 5.32 Å². The van der Waals surface area contributed by atoms with Crippen molar-refractivity contribution in [2.24, 2.45) is 0 Å². The number of hydrogen-bond donors (Lipinski definition) is 1. The van der Waals surface area contributed by atoms with E-state index in [0.717, 1.165) is 21.8 Å². The topological polar surface area (TPSA) is 35.8 Å². The molecule has 0 aliphatic carbocycles. The predicted octanol–water partition coefficient (Wildman–Crippen LogP) is 4.13. The van der Waals surface area contributed by atoms with E-state index in [1.807, 2.05) is 49.4 Å². The number of nitrogens with one attached hydrogen (secondary N) is 1.